The standard InChI is InChI=1S/C29H31F3N4O3/c1-19(2)33-28(38)23-18-22(34-27(37)20-8-10-21(11-9-20)29(30,31)32)12-13-24(23)35-14-16-36(17-15-35)25-6-4-5-7-26(25)39-3/h4-13,18-19H,14-17H2,1-3H3,(H,33,38)(H,34,37). The average molecular weight is 541 g/mol. The van der Waals surface area contributed by atoms with Crippen molar-refractivity contribution in [2.24, 2.45) is 0 Å². The lowest BCUT2D eigenvalue weighted by molar-refractivity contribution is -0.137. The van der Waals surface area contributed by atoms with Gasteiger partial charge in [-0.15, -0.1) is 0 Å². The lowest BCUT2D eigenvalue weighted by atomic mass is 10.1. The van der Waals surface area contributed by atoms with Crippen molar-refractivity contribution in [3.8, 4) is 5.75 Å². The van der Waals surface area contributed by atoms with Crippen LogP contribution in [-0.4, -0.2) is 51.1 Å². The third-order valence-corrected chi connectivity index (χ3v) is 6.44. The fourth-order valence-electron chi connectivity index (χ4n) is 4.50. The highest BCUT2D eigenvalue weighted by molar-refractivity contribution is 6.06. The molecule has 0 atom stereocenters. The second-order valence-electron chi connectivity index (χ2n) is 9.54. The van der Waals surface area contributed by atoms with Gasteiger partial charge in [-0.1, -0.05) is 12.1 Å². The zero-order valence-electron chi connectivity index (χ0n) is 22.0. The summed E-state index contributed by atoms with van der Waals surface area (Å²) in [7, 11) is 1.65. The summed E-state index contributed by atoms with van der Waals surface area (Å²) in [5.41, 5.74) is 1.76. The van der Waals surface area contributed by atoms with Crippen LogP contribution >= 0.6 is 0 Å². The molecule has 1 aliphatic rings. The first-order valence-corrected chi connectivity index (χ1v) is 12.6. The van der Waals surface area contributed by atoms with Gasteiger partial charge in [-0.3, -0.25) is 9.59 Å². The number of ether oxygens (including phenoxy) is 1. The monoisotopic (exact) mass is 540 g/mol. The van der Waals surface area contributed by atoms with Crippen LogP contribution in [0, 0.1) is 0 Å². The van der Waals surface area contributed by atoms with Crippen LogP contribution in [0.15, 0.2) is 66.7 Å². The van der Waals surface area contributed by atoms with Crippen LogP contribution in [-0.2, 0) is 6.18 Å². The van der Waals surface area contributed by atoms with Crippen molar-refractivity contribution in [1.82, 2.24) is 5.32 Å². The highest BCUT2D eigenvalue weighted by atomic mass is 19.4. The third-order valence-electron chi connectivity index (χ3n) is 6.44. The average Bonchev–Trinajstić information content (AvgIpc) is 2.92. The number of halogens is 3. The molecule has 10 heteroatoms. The number of nitrogens with zero attached hydrogens (tertiary/aromatic N) is 2. The van der Waals surface area contributed by atoms with Crippen molar-refractivity contribution in [2.45, 2.75) is 26.1 Å². The molecule has 39 heavy (non-hydrogen) atoms. The Morgan fingerprint density at radius 3 is 2.05 bits per heavy atom. The van der Waals surface area contributed by atoms with Gasteiger partial charge in [0.2, 0.25) is 0 Å². The predicted molar refractivity (Wildman–Crippen MR) is 146 cm³/mol. The minimum absolute atomic E-state index is 0.0766. The molecule has 2 N–H and O–H groups in total. The number of hydrogen-bond acceptors (Lipinski definition) is 5. The minimum Gasteiger partial charge on any atom is -0.495 e. The Balaban J connectivity index is 1.53. The number of amides is 2. The van der Waals surface area contributed by atoms with Gasteiger partial charge in [0.25, 0.3) is 11.8 Å². The molecule has 0 bridgehead atoms. The summed E-state index contributed by atoms with van der Waals surface area (Å²) in [4.78, 5) is 30.2. The number of methoxy groups -OCH3 is 1. The van der Waals surface area contributed by atoms with E-state index in [4.69, 9.17) is 4.74 Å². The summed E-state index contributed by atoms with van der Waals surface area (Å²) < 4.78 is 44.1. The SMILES string of the molecule is COc1ccccc1N1CCN(c2ccc(NC(=O)c3ccc(C(F)(F)F)cc3)cc2C(=O)NC(C)C)CC1. The zero-order chi connectivity index (χ0) is 28.2. The van der Waals surface area contributed by atoms with Crippen LogP contribution in [0.4, 0.5) is 30.2 Å². The van der Waals surface area contributed by atoms with Gasteiger partial charge in [-0.25, -0.2) is 0 Å². The topological polar surface area (TPSA) is 73.9 Å². The maximum atomic E-state index is 13.1. The van der Waals surface area contributed by atoms with Gasteiger partial charge in [-0.05, 0) is 68.4 Å². The highest BCUT2D eigenvalue weighted by Crippen LogP contribution is 2.32. The number of rotatable bonds is 7. The van der Waals surface area contributed by atoms with E-state index in [0.717, 1.165) is 54.5 Å². The fourth-order valence-corrected chi connectivity index (χ4v) is 4.50. The largest absolute Gasteiger partial charge is 0.495 e. The van der Waals surface area contributed by atoms with Crippen molar-refractivity contribution in [3.63, 3.8) is 0 Å². The molecule has 0 saturated carbocycles. The second-order valence-corrected chi connectivity index (χ2v) is 9.54. The Morgan fingerprint density at radius 1 is 0.846 bits per heavy atom. The zero-order valence-corrected chi connectivity index (χ0v) is 22.0. The molecule has 0 aromatic heterocycles. The number of para-hydroxylation sites is 2. The summed E-state index contributed by atoms with van der Waals surface area (Å²) in [5.74, 6) is -0.0500. The normalized spacial score (nSPS) is 13.8. The number of hydrogen-bond donors (Lipinski definition) is 2. The smallest absolute Gasteiger partial charge is 0.416 e. The second kappa shape index (κ2) is 11.7. The maximum Gasteiger partial charge on any atom is 0.416 e. The first kappa shape index (κ1) is 27.8. The van der Waals surface area contributed by atoms with Crippen molar-refractivity contribution in [2.75, 3.05) is 48.4 Å². The van der Waals surface area contributed by atoms with Gasteiger partial charge in [0.1, 0.15) is 5.75 Å². The molecule has 1 saturated heterocycles. The molecule has 206 valence electrons. The van der Waals surface area contributed by atoms with Gasteiger partial charge in [0.15, 0.2) is 0 Å². The molecule has 1 aliphatic heterocycles. The van der Waals surface area contributed by atoms with Gasteiger partial charge >= 0.3 is 6.18 Å². The van der Waals surface area contributed by atoms with E-state index < -0.39 is 17.6 Å². The van der Waals surface area contributed by atoms with Crippen molar-refractivity contribution < 1.29 is 27.5 Å². The molecule has 0 spiro atoms. The molecular weight excluding hydrogens is 509 g/mol. The Labute approximate surface area is 225 Å². The Bertz CT molecular complexity index is 1320. The van der Waals surface area contributed by atoms with Gasteiger partial charge in [-0.2, -0.15) is 13.2 Å². The number of carbonyl (C=O) groups excluding carboxylic acids is 2. The van der Waals surface area contributed by atoms with Crippen molar-refractivity contribution in [3.05, 3.63) is 83.4 Å². The van der Waals surface area contributed by atoms with E-state index in [1.165, 1.54) is 0 Å². The van der Waals surface area contributed by atoms with Crippen LogP contribution in [0.2, 0.25) is 0 Å². The number of anilines is 3. The van der Waals surface area contributed by atoms with E-state index in [0.29, 0.717) is 24.3 Å². The summed E-state index contributed by atoms with van der Waals surface area (Å²) in [6.45, 7) is 6.49. The van der Waals surface area contributed by atoms with Crippen molar-refractivity contribution in [1.29, 1.82) is 0 Å². The summed E-state index contributed by atoms with van der Waals surface area (Å²) >= 11 is 0. The molecule has 1 fully saturated rings. The molecule has 2 amide bonds. The number of piperazine rings is 1. The molecule has 4 rings (SSSR count). The van der Waals surface area contributed by atoms with Crippen LogP contribution in [0.3, 0.4) is 0 Å². The Hall–Kier alpha value is -4.21. The van der Waals surface area contributed by atoms with Crippen LogP contribution in [0.5, 0.6) is 5.75 Å². The first-order chi connectivity index (χ1) is 18.6. The molecular formula is C29H31F3N4O3. The predicted octanol–water partition coefficient (Wildman–Crippen LogP) is 5.43. The van der Waals surface area contributed by atoms with E-state index >= 15 is 0 Å². The third kappa shape index (κ3) is 6.63. The minimum atomic E-state index is -4.48. The van der Waals surface area contributed by atoms with E-state index in [2.05, 4.69) is 20.4 Å². The molecule has 3 aromatic rings. The molecule has 1 heterocycles. The molecule has 0 aliphatic carbocycles. The summed E-state index contributed by atoms with van der Waals surface area (Å²) in [6, 6.07) is 16.8. The quantitative estimate of drug-likeness (QED) is 0.418. The molecule has 0 radical (unpaired) electrons. The van der Waals surface area contributed by atoms with Crippen LogP contribution in [0.1, 0.15) is 40.1 Å². The molecule has 0 unspecified atom stereocenters. The number of alkyl halides is 3. The summed E-state index contributed by atoms with van der Waals surface area (Å²) in [6.07, 6.45) is -4.48. The number of carbonyl (C=O) groups is 2. The van der Waals surface area contributed by atoms with E-state index in [9.17, 15) is 22.8 Å². The van der Waals surface area contributed by atoms with Gasteiger partial charge in [0, 0.05) is 49.2 Å². The molecule has 7 nitrogen and oxygen atoms in total. The summed E-state index contributed by atoms with van der Waals surface area (Å²) in [5, 5.41) is 5.60. The lowest BCUT2D eigenvalue weighted by Crippen LogP contribution is -2.47. The highest BCUT2D eigenvalue weighted by Gasteiger charge is 2.30. The molecule has 3 aromatic carbocycles. The van der Waals surface area contributed by atoms with Crippen molar-refractivity contribution >= 4 is 28.9 Å². The van der Waals surface area contributed by atoms with E-state index in [-0.39, 0.29) is 17.5 Å². The fraction of sp³-hybridized carbons (Fsp3) is 0.310. The lowest BCUT2D eigenvalue weighted by Gasteiger charge is -2.38. The Kier molecular flexibility index (Phi) is 8.32. The number of benzene rings is 3. The van der Waals surface area contributed by atoms with E-state index in [1.807, 2.05) is 38.1 Å². The maximum absolute atomic E-state index is 13.1. The van der Waals surface area contributed by atoms with Crippen LogP contribution in [0.25, 0.3) is 0 Å². The van der Waals surface area contributed by atoms with Gasteiger partial charge in [0.05, 0.1) is 23.9 Å². The van der Waals surface area contributed by atoms with E-state index in [1.54, 1.807) is 25.3 Å². The Morgan fingerprint density at radius 2 is 1.46 bits per heavy atom. The van der Waals surface area contributed by atoms with Crippen LogP contribution < -0.4 is 25.2 Å². The van der Waals surface area contributed by atoms with Gasteiger partial charge < -0.3 is 25.2 Å². The first-order valence-electron chi connectivity index (χ1n) is 12.6. The number of nitrogens with one attached hydrogen (secondary N) is 2.